The fourth-order valence-corrected chi connectivity index (χ4v) is 2.76. The molecule has 0 saturated heterocycles. The molecule has 4 heteroatoms. The Morgan fingerprint density at radius 3 is 2.38 bits per heavy atom. The van der Waals surface area contributed by atoms with Gasteiger partial charge in [-0.15, -0.1) is 0 Å². The van der Waals surface area contributed by atoms with E-state index < -0.39 is 0 Å². The van der Waals surface area contributed by atoms with Crippen LogP contribution in [0.1, 0.15) is 42.9 Å². The van der Waals surface area contributed by atoms with E-state index in [9.17, 15) is 4.79 Å². The molecule has 1 amide bonds. The molecule has 2 aromatic rings. The van der Waals surface area contributed by atoms with Crippen LogP contribution in [0.3, 0.4) is 0 Å². The number of amides is 1. The van der Waals surface area contributed by atoms with Gasteiger partial charge in [-0.2, -0.15) is 0 Å². The van der Waals surface area contributed by atoms with Crippen LogP contribution < -0.4 is 10.1 Å². The second-order valence-corrected chi connectivity index (χ2v) is 6.97. The van der Waals surface area contributed by atoms with Crippen molar-refractivity contribution in [2.45, 2.75) is 39.3 Å². The molecule has 1 N–H and O–H groups in total. The summed E-state index contributed by atoms with van der Waals surface area (Å²) in [7, 11) is 4.10. The molecule has 0 radical (unpaired) electrons. The molecule has 0 fully saturated rings. The van der Waals surface area contributed by atoms with Crippen molar-refractivity contribution >= 4 is 5.91 Å². The van der Waals surface area contributed by atoms with Crippen molar-refractivity contribution in [2.75, 3.05) is 20.7 Å². The lowest BCUT2D eigenvalue weighted by molar-refractivity contribution is -0.123. The van der Waals surface area contributed by atoms with E-state index in [0.717, 1.165) is 29.8 Å². The molecule has 2 aromatic carbocycles. The number of nitrogens with zero attached hydrogens (tertiary/aromatic N) is 1. The first-order valence-electron chi connectivity index (χ1n) is 9.20. The van der Waals surface area contributed by atoms with Crippen molar-refractivity contribution in [1.29, 1.82) is 0 Å². The molecule has 2 rings (SSSR count). The third-order valence-corrected chi connectivity index (χ3v) is 4.43. The zero-order valence-corrected chi connectivity index (χ0v) is 16.3. The Morgan fingerprint density at radius 2 is 1.73 bits per heavy atom. The zero-order chi connectivity index (χ0) is 18.9. The number of hydrogen-bond acceptors (Lipinski definition) is 3. The Labute approximate surface area is 157 Å². The Hall–Kier alpha value is -2.33. The lowest BCUT2D eigenvalue weighted by Crippen LogP contribution is -2.28. The third kappa shape index (κ3) is 6.19. The molecule has 0 heterocycles. The van der Waals surface area contributed by atoms with Crippen LogP contribution in [-0.4, -0.2) is 31.5 Å². The van der Waals surface area contributed by atoms with Crippen LogP contribution in [0, 0.1) is 0 Å². The Kier molecular flexibility index (Phi) is 7.67. The Bertz CT molecular complexity index is 696. The summed E-state index contributed by atoms with van der Waals surface area (Å²) < 4.78 is 5.76. The summed E-state index contributed by atoms with van der Waals surface area (Å²) in [5.74, 6) is 1.10. The van der Waals surface area contributed by atoms with Crippen molar-refractivity contribution in [2.24, 2.45) is 0 Å². The van der Waals surface area contributed by atoms with Crippen LogP contribution >= 0.6 is 0 Å². The highest BCUT2D eigenvalue weighted by Crippen LogP contribution is 2.28. The first kappa shape index (κ1) is 20.0. The van der Waals surface area contributed by atoms with Crippen molar-refractivity contribution in [3.63, 3.8) is 0 Å². The largest absolute Gasteiger partial charge is 0.483 e. The van der Waals surface area contributed by atoms with Crippen LogP contribution in [0.25, 0.3) is 0 Å². The molecule has 0 saturated carbocycles. The van der Waals surface area contributed by atoms with E-state index in [4.69, 9.17) is 4.74 Å². The number of benzene rings is 2. The van der Waals surface area contributed by atoms with Gasteiger partial charge in [-0.25, -0.2) is 0 Å². The van der Waals surface area contributed by atoms with Crippen molar-refractivity contribution in [3.05, 3.63) is 65.2 Å². The summed E-state index contributed by atoms with van der Waals surface area (Å²) in [6, 6.07) is 16.2. The van der Waals surface area contributed by atoms with Gasteiger partial charge in [0.25, 0.3) is 5.91 Å². The minimum atomic E-state index is -0.110. The van der Waals surface area contributed by atoms with Gasteiger partial charge in [0.2, 0.25) is 0 Å². The molecular weight excluding hydrogens is 324 g/mol. The van der Waals surface area contributed by atoms with Gasteiger partial charge < -0.3 is 15.0 Å². The van der Waals surface area contributed by atoms with E-state index in [0.29, 0.717) is 12.5 Å². The molecule has 140 valence electrons. The normalized spacial score (nSPS) is 12.0. The quantitative estimate of drug-likeness (QED) is 0.741. The van der Waals surface area contributed by atoms with Crippen LogP contribution in [0.5, 0.6) is 5.75 Å². The number of rotatable bonds is 9. The molecule has 1 atom stereocenters. The van der Waals surface area contributed by atoms with E-state index >= 15 is 0 Å². The maximum absolute atomic E-state index is 12.1. The van der Waals surface area contributed by atoms with Crippen LogP contribution in [0.4, 0.5) is 0 Å². The highest BCUT2D eigenvalue weighted by atomic mass is 16.5. The summed E-state index contributed by atoms with van der Waals surface area (Å²) >= 11 is 0. The van der Waals surface area contributed by atoms with Gasteiger partial charge in [-0.3, -0.25) is 4.79 Å². The third-order valence-electron chi connectivity index (χ3n) is 4.43. The van der Waals surface area contributed by atoms with Gasteiger partial charge in [0.05, 0.1) is 0 Å². The number of hydrogen-bond donors (Lipinski definition) is 1. The van der Waals surface area contributed by atoms with E-state index in [2.05, 4.69) is 54.4 Å². The first-order chi connectivity index (χ1) is 12.5. The van der Waals surface area contributed by atoms with Crippen molar-refractivity contribution < 1.29 is 9.53 Å². The number of carbonyl (C=O) groups excluding carboxylic acids is 1. The maximum Gasteiger partial charge on any atom is 0.258 e. The van der Waals surface area contributed by atoms with E-state index in [1.807, 2.05) is 32.3 Å². The standard InChI is InChI=1S/C22H30N2O2/c1-5-17(2)20-8-6-7-9-21(20)26-16-22(25)23-14-18-10-12-19(13-11-18)15-24(3)4/h6-13,17H,5,14-16H2,1-4H3,(H,23,25). The monoisotopic (exact) mass is 354 g/mol. The molecule has 26 heavy (non-hydrogen) atoms. The fraction of sp³-hybridized carbons (Fsp3) is 0.409. The number of para-hydroxylation sites is 1. The molecule has 1 unspecified atom stereocenters. The molecule has 0 aliphatic heterocycles. The summed E-state index contributed by atoms with van der Waals surface area (Å²) in [4.78, 5) is 14.2. The molecule has 0 aliphatic rings. The lowest BCUT2D eigenvalue weighted by atomic mass is 9.98. The summed E-state index contributed by atoms with van der Waals surface area (Å²) in [5.41, 5.74) is 3.50. The predicted octanol–water partition coefficient (Wildman–Crippen LogP) is 3.96. The topological polar surface area (TPSA) is 41.6 Å². The van der Waals surface area contributed by atoms with Crippen LogP contribution in [0.2, 0.25) is 0 Å². The molecule has 4 nitrogen and oxygen atoms in total. The first-order valence-corrected chi connectivity index (χ1v) is 9.20. The predicted molar refractivity (Wildman–Crippen MR) is 106 cm³/mol. The highest BCUT2D eigenvalue weighted by Gasteiger charge is 2.11. The smallest absolute Gasteiger partial charge is 0.258 e. The second kappa shape index (κ2) is 9.97. The van der Waals surface area contributed by atoms with E-state index in [-0.39, 0.29) is 12.5 Å². The van der Waals surface area contributed by atoms with Gasteiger partial charge in [0.15, 0.2) is 6.61 Å². The molecule has 0 aliphatic carbocycles. The lowest BCUT2D eigenvalue weighted by Gasteiger charge is -2.15. The van der Waals surface area contributed by atoms with Gasteiger partial charge >= 0.3 is 0 Å². The van der Waals surface area contributed by atoms with Gasteiger partial charge in [-0.05, 0) is 49.2 Å². The summed E-state index contributed by atoms with van der Waals surface area (Å²) in [6.07, 6.45) is 1.04. The number of ether oxygens (including phenoxy) is 1. The summed E-state index contributed by atoms with van der Waals surface area (Å²) in [6.45, 7) is 5.78. The minimum Gasteiger partial charge on any atom is -0.483 e. The Balaban J connectivity index is 1.83. The maximum atomic E-state index is 12.1. The highest BCUT2D eigenvalue weighted by molar-refractivity contribution is 5.77. The average molecular weight is 354 g/mol. The van der Waals surface area contributed by atoms with Gasteiger partial charge in [0.1, 0.15) is 5.75 Å². The van der Waals surface area contributed by atoms with E-state index in [1.54, 1.807) is 0 Å². The Morgan fingerprint density at radius 1 is 1.08 bits per heavy atom. The molecule has 0 aromatic heterocycles. The second-order valence-electron chi connectivity index (χ2n) is 6.97. The molecule has 0 spiro atoms. The zero-order valence-electron chi connectivity index (χ0n) is 16.3. The molecular formula is C22H30N2O2. The SMILES string of the molecule is CCC(C)c1ccccc1OCC(=O)NCc1ccc(CN(C)C)cc1. The number of nitrogens with one attached hydrogen (secondary N) is 1. The van der Waals surface area contributed by atoms with Crippen LogP contribution in [-0.2, 0) is 17.9 Å². The van der Waals surface area contributed by atoms with Crippen molar-refractivity contribution in [1.82, 2.24) is 10.2 Å². The van der Waals surface area contributed by atoms with Crippen LogP contribution in [0.15, 0.2) is 48.5 Å². The number of carbonyl (C=O) groups is 1. The minimum absolute atomic E-state index is 0.0339. The van der Waals surface area contributed by atoms with E-state index in [1.165, 1.54) is 5.56 Å². The fourth-order valence-electron chi connectivity index (χ4n) is 2.76. The summed E-state index contributed by atoms with van der Waals surface area (Å²) in [5, 5.41) is 2.92. The van der Waals surface area contributed by atoms with Gasteiger partial charge in [-0.1, -0.05) is 56.3 Å². The van der Waals surface area contributed by atoms with Crippen molar-refractivity contribution in [3.8, 4) is 5.75 Å². The van der Waals surface area contributed by atoms with Gasteiger partial charge in [0, 0.05) is 13.1 Å². The average Bonchev–Trinajstić information content (AvgIpc) is 2.65. The molecule has 0 bridgehead atoms.